The average molecular weight is 234 g/mol. The van der Waals surface area contributed by atoms with Gasteiger partial charge in [-0.1, -0.05) is 23.2 Å². The van der Waals surface area contributed by atoms with Crippen LogP contribution in [0, 0.1) is 0 Å². The Morgan fingerprint density at radius 2 is 1.79 bits per heavy atom. The third kappa shape index (κ3) is 3.84. The largest absolute Gasteiger partial charge is 0.396 e. The van der Waals surface area contributed by atoms with Gasteiger partial charge in [-0.2, -0.15) is 0 Å². The molecule has 0 aliphatic heterocycles. The zero-order valence-electron chi connectivity index (χ0n) is 7.71. The Balaban J connectivity index is 2.66. The van der Waals surface area contributed by atoms with Gasteiger partial charge in [-0.3, -0.25) is 0 Å². The fourth-order valence-corrected chi connectivity index (χ4v) is 1.87. The van der Waals surface area contributed by atoms with Crippen LogP contribution >= 0.6 is 23.2 Å². The van der Waals surface area contributed by atoms with Crippen LogP contribution in [0.5, 0.6) is 0 Å². The topological polar surface area (TPSA) is 46.2 Å². The van der Waals surface area contributed by atoms with Gasteiger partial charge in [0.2, 0.25) is 0 Å². The van der Waals surface area contributed by atoms with E-state index in [1.165, 1.54) is 0 Å². The molecule has 1 aromatic rings. The Labute approximate surface area is 93.6 Å². The molecule has 0 aliphatic carbocycles. The molecule has 0 saturated carbocycles. The Bertz CT molecular complexity index is 284. The third-order valence-corrected chi connectivity index (χ3v) is 2.36. The Hall–Kier alpha value is -0.280. The molecule has 0 aliphatic rings. The van der Waals surface area contributed by atoms with Crippen molar-refractivity contribution in [2.24, 2.45) is 5.73 Å². The minimum absolute atomic E-state index is 0.0467. The van der Waals surface area contributed by atoms with Crippen LogP contribution in [-0.2, 0) is 6.42 Å². The Morgan fingerprint density at radius 1 is 1.21 bits per heavy atom. The SMILES string of the molecule is NC(CCO)Cc1cc(Cl)cc(Cl)c1. The fraction of sp³-hybridized carbons (Fsp3) is 0.400. The second-order valence-electron chi connectivity index (χ2n) is 3.25. The van der Waals surface area contributed by atoms with Crippen molar-refractivity contribution in [3.63, 3.8) is 0 Å². The number of aliphatic hydroxyl groups is 1. The van der Waals surface area contributed by atoms with Crippen LogP contribution in [0.2, 0.25) is 10.0 Å². The van der Waals surface area contributed by atoms with Gasteiger partial charge < -0.3 is 10.8 Å². The number of rotatable bonds is 4. The first-order chi connectivity index (χ1) is 6.61. The zero-order valence-corrected chi connectivity index (χ0v) is 9.22. The minimum atomic E-state index is -0.0467. The minimum Gasteiger partial charge on any atom is -0.396 e. The summed E-state index contributed by atoms with van der Waals surface area (Å²) in [5.41, 5.74) is 6.77. The van der Waals surface area contributed by atoms with Gasteiger partial charge in [0, 0.05) is 22.7 Å². The van der Waals surface area contributed by atoms with Crippen LogP contribution in [0.15, 0.2) is 18.2 Å². The highest BCUT2D eigenvalue weighted by Gasteiger charge is 2.05. The van der Waals surface area contributed by atoms with E-state index in [1.54, 1.807) is 6.07 Å². The van der Waals surface area contributed by atoms with Gasteiger partial charge in [0.25, 0.3) is 0 Å². The maximum Gasteiger partial charge on any atom is 0.0445 e. The summed E-state index contributed by atoms with van der Waals surface area (Å²) in [7, 11) is 0. The molecule has 14 heavy (non-hydrogen) atoms. The highest BCUT2D eigenvalue weighted by molar-refractivity contribution is 6.34. The van der Waals surface area contributed by atoms with Gasteiger partial charge in [-0.15, -0.1) is 0 Å². The number of hydrogen-bond donors (Lipinski definition) is 2. The van der Waals surface area contributed by atoms with E-state index in [2.05, 4.69) is 0 Å². The lowest BCUT2D eigenvalue weighted by atomic mass is 10.0. The number of benzene rings is 1. The lowest BCUT2D eigenvalue weighted by molar-refractivity contribution is 0.275. The molecule has 4 heteroatoms. The molecule has 0 fully saturated rings. The van der Waals surface area contributed by atoms with Gasteiger partial charge in [-0.25, -0.2) is 0 Å². The zero-order chi connectivity index (χ0) is 10.6. The molecule has 1 unspecified atom stereocenters. The molecule has 1 aromatic carbocycles. The smallest absolute Gasteiger partial charge is 0.0445 e. The van der Waals surface area contributed by atoms with Crippen LogP contribution in [0.1, 0.15) is 12.0 Å². The van der Waals surface area contributed by atoms with E-state index in [9.17, 15) is 0 Å². The van der Waals surface area contributed by atoms with Gasteiger partial charge in [0.1, 0.15) is 0 Å². The first kappa shape index (κ1) is 11.8. The summed E-state index contributed by atoms with van der Waals surface area (Å²) in [4.78, 5) is 0. The molecular weight excluding hydrogens is 221 g/mol. The Kier molecular flexibility index (Phi) is 4.69. The molecule has 0 heterocycles. The maximum atomic E-state index is 8.69. The lowest BCUT2D eigenvalue weighted by Gasteiger charge is -2.10. The summed E-state index contributed by atoms with van der Waals surface area (Å²) >= 11 is 11.7. The maximum absolute atomic E-state index is 8.69. The number of aliphatic hydroxyl groups excluding tert-OH is 1. The predicted molar refractivity (Wildman–Crippen MR) is 59.8 cm³/mol. The van der Waals surface area contributed by atoms with E-state index in [0.717, 1.165) is 5.56 Å². The molecule has 0 spiro atoms. The summed E-state index contributed by atoms with van der Waals surface area (Å²) in [6.45, 7) is 0.107. The molecule has 1 rings (SSSR count). The van der Waals surface area contributed by atoms with Gasteiger partial charge in [0.15, 0.2) is 0 Å². The summed E-state index contributed by atoms with van der Waals surface area (Å²) in [6, 6.07) is 5.31. The van der Waals surface area contributed by atoms with Crippen LogP contribution in [0.4, 0.5) is 0 Å². The van der Waals surface area contributed by atoms with E-state index in [0.29, 0.717) is 22.9 Å². The monoisotopic (exact) mass is 233 g/mol. The second-order valence-corrected chi connectivity index (χ2v) is 4.13. The van der Waals surface area contributed by atoms with E-state index in [1.807, 2.05) is 12.1 Å². The fourth-order valence-electron chi connectivity index (χ4n) is 1.30. The normalized spacial score (nSPS) is 12.9. The van der Waals surface area contributed by atoms with Crippen molar-refractivity contribution >= 4 is 23.2 Å². The number of halogens is 2. The molecule has 0 bridgehead atoms. The number of nitrogens with two attached hydrogens (primary N) is 1. The van der Waals surface area contributed by atoms with Gasteiger partial charge >= 0.3 is 0 Å². The van der Waals surface area contributed by atoms with E-state index >= 15 is 0 Å². The summed E-state index contributed by atoms with van der Waals surface area (Å²) < 4.78 is 0. The molecule has 3 N–H and O–H groups in total. The lowest BCUT2D eigenvalue weighted by Crippen LogP contribution is -2.23. The summed E-state index contributed by atoms with van der Waals surface area (Å²) in [5.74, 6) is 0. The van der Waals surface area contributed by atoms with Crippen LogP contribution < -0.4 is 5.73 Å². The van der Waals surface area contributed by atoms with E-state index in [-0.39, 0.29) is 12.6 Å². The highest BCUT2D eigenvalue weighted by Crippen LogP contribution is 2.20. The predicted octanol–water partition coefficient (Wildman–Crippen LogP) is 2.25. The molecule has 0 amide bonds. The van der Waals surface area contributed by atoms with Crippen molar-refractivity contribution in [1.29, 1.82) is 0 Å². The first-order valence-corrected chi connectivity index (χ1v) is 5.19. The molecule has 0 aromatic heterocycles. The van der Waals surface area contributed by atoms with Crippen LogP contribution in [0.3, 0.4) is 0 Å². The molecule has 2 nitrogen and oxygen atoms in total. The molecular formula is C10H13Cl2NO. The average Bonchev–Trinajstić information content (AvgIpc) is 2.01. The van der Waals surface area contributed by atoms with Crippen LogP contribution in [0.25, 0.3) is 0 Å². The molecule has 0 saturated heterocycles. The van der Waals surface area contributed by atoms with E-state index in [4.69, 9.17) is 34.0 Å². The quantitative estimate of drug-likeness (QED) is 0.839. The highest BCUT2D eigenvalue weighted by atomic mass is 35.5. The molecule has 0 radical (unpaired) electrons. The third-order valence-electron chi connectivity index (χ3n) is 1.92. The second kappa shape index (κ2) is 5.56. The van der Waals surface area contributed by atoms with Gasteiger partial charge in [-0.05, 0) is 36.6 Å². The van der Waals surface area contributed by atoms with Crippen molar-refractivity contribution in [3.05, 3.63) is 33.8 Å². The van der Waals surface area contributed by atoms with Crippen molar-refractivity contribution < 1.29 is 5.11 Å². The molecule has 78 valence electrons. The summed E-state index contributed by atoms with van der Waals surface area (Å²) in [6.07, 6.45) is 1.27. The van der Waals surface area contributed by atoms with E-state index < -0.39 is 0 Å². The standard InChI is InChI=1S/C10H13Cl2NO/c11-8-3-7(4-9(12)6-8)5-10(13)1-2-14/h3-4,6,10,14H,1-2,5,13H2. The Morgan fingerprint density at radius 3 is 2.29 bits per heavy atom. The van der Waals surface area contributed by atoms with Crippen molar-refractivity contribution in [1.82, 2.24) is 0 Å². The van der Waals surface area contributed by atoms with Crippen LogP contribution in [-0.4, -0.2) is 17.8 Å². The van der Waals surface area contributed by atoms with Crippen molar-refractivity contribution in [2.45, 2.75) is 18.9 Å². The molecule has 1 atom stereocenters. The first-order valence-electron chi connectivity index (χ1n) is 4.43. The summed E-state index contributed by atoms with van der Waals surface area (Å²) in [5, 5.41) is 9.92. The van der Waals surface area contributed by atoms with Gasteiger partial charge in [0.05, 0.1) is 0 Å². The van der Waals surface area contributed by atoms with Crippen molar-refractivity contribution in [3.8, 4) is 0 Å². The van der Waals surface area contributed by atoms with Crippen molar-refractivity contribution in [2.75, 3.05) is 6.61 Å². The number of hydrogen-bond acceptors (Lipinski definition) is 2.